The number of hydrogen-bond donors (Lipinski definition) is 2. The SMILES string of the molecule is Cc1ccc(NN2C(=O)[C@@H]3C[C@@H]4C(=CC[C@@H]5C(=O)N(c6cc(C(F)(F)F)cc(C(F)(F)F)c6)C(=O)[C@@H]54)[C@H](c4ccc(O)c(F)c4)[C@]3(c3ccccc3)C2=O)cc1. The summed E-state index contributed by atoms with van der Waals surface area (Å²) in [5, 5.41) is 11.0. The van der Waals surface area contributed by atoms with E-state index in [1.807, 2.05) is 6.92 Å². The molecule has 0 aromatic heterocycles. The average molecular weight is 778 g/mol. The highest BCUT2D eigenvalue weighted by Gasteiger charge is 2.70. The zero-order valence-electron chi connectivity index (χ0n) is 29.2. The third kappa shape index (κ3) is 5.57. The quantitative estimate of drug-likeness (QED) is 0.121. The van der Waals surface area contributed by atoms with Gasteiger partial charge < -0.3 is 5.11 Å². The fraction of sp³-hybridized carbons (Fsp3) is 0.268. The largest absolute Gasteiger partial charge is 0.505 e. The Morgan fingerprint density at radius 1 is 0.768 bits per heavy atom. The Hall–Kier alpha value is -5.99. The van der Waals surface area contributed by atoms with Gasteiger partial charge in [-0.05, 0) is 79.3 Å². The Bertz CT molecular complexity index is 2310. The second kappa shape index (κ2) is 12.8. The van der Waals surface area contributed by atoms with E-state index in [1.54, 1.807) is 60.7 Å². The second-order valence-corrected chi connectivity index (χ2v) is 14.6. The van der Waals surface area contributed by atoms with Crippen LogP contribution in [0.3, 0.4) is 0 Å². The molecule has 56 heavy (non-hydrogen) atoms. The fourth-order valence-corrected chi connectivity index (χ4v) is 9.15. The smallest absolute Gasteiger partial charge is 0.416 e. The van der Waals surface area contributed by atoms with Crippen molar-refractivity contribution < 1.29 is 55.0 Å². The van der Waals surface area contributed by atoms with Crippen molar-refractivity contribution in [2.75, 3.05) is 10.3 Å². The van der Waals surface area contributed by atoms with E-state index in [0.29, 0.717) is 33.9 Å². The van der Waals surface area contributed by atoms with E-state index < -0.39 is 99.4 Å². The molecule has 2 heterocycles. The number of benzene rings is 4. The van der Waals surface area contributed by atoms with Gasteiger partial charge in [-0.3, -0.25) is 24.6 Å². The number of fused-ring (bicyclic) bond motifs is 4. The van der Waals surface area contributed by atoms with Gasteiger partial charge in [0.15, 0.2) is 11.6 Å². The first kappa shape index (κ1) is 37.0. The van der Waals surface area contributed by atoms with E-state index in [9.17, 15) is 45.8 Å². The average Bonchev–Trinajstić information content (AvgIpc) is 3.53. The first-order valence-electron chi connectivity index (χ1n) is 17.6. The van der Waals surface area contributed by atoms with Gasteiger partial charge in [-0.25, -0.2) is 9.29 Å². The molecule has 0 unspecified atom stereocenters. The number of alkyl halides is 6. The molecule has 4 aromatic carbocycles. The number of aryl methyl sites for hydroxylation is 1. The zero-order chi connectivity index (χ0) is 40.1. The number of amides is 4. The number of nitrogens with one attached hydrogen (secondary N) is 1. The first-order valence-corrected chi connectivity index (χ1v) is 17.6. The number of nitrogens with zero attached hydrogens (tertiary/aromatic N) is 2. The standard InChI is InChI=1S/C41H30F7N3O5/c1-20-7-10-25(11-8-20)49-51-36(54)30-19-29-27(34(21-9-14-32(52)31(42)15-21)39(30,38(51)56)22-5-3-2-4-6-22)12-13-28-33(29)37(55)50(35(28)53)26-17-23(40(43,44)45)16-24(18-26)41(46,47)48/h2-12,14-18,28-30,33-34,49,52H,13,19H2,1H3/t28-,29+,30-,33-,34-,39+/m0/s1. The third-order valence-corrected chi connectivity index (χ3v) is 11.5. The Morgan fingerprint density at radius 3 is 2.02 bits per heavy atom. The van der Waals surface area contributed by atoms with Crippen LogP contribution in [0.5, 0.6) is 5.75 Å². The third-order valence-electron chi connectivity index (χ3n) is 11.5. The number of phenolic OH excluding ortho intramolecular Hbond substituents is 1. The van der Waals surface area contributed by atoms with Gasteiger partial charge in [0.2, 0.25) is 11.8 Å². The molecule has 4 aromatic rings. The Morgan fingerprint density at radius 2 is 1.41 bits per heavy atom. The number of rotatable bonds is 5. The molecule has 4 aliphatic rings. The fourth-order valence-electron chi connectivity index (χ4n) is 9.15. The van der Waals surface area contributed by atoms with Gasteiger partial charge in [-0.1, -0.05) is 65.7 Å². The van der Waals surface area contributed by atoms with Gasteiger partial charge in [0.25, 0.3) is 11.8 Å². The van der Waals surface area contributed by atoms with Gasteiger partial charge in [-0.2, -0.15) is 31.4 Å². The minimum atomic E-state index is -5.26. The maximum atomic E-state index is 15.3. The van der Waals surface area contributed by atoms with Crippen LogP contribution in [0.15, 0.2) is 103 Å². The topological polar surface area (TPSA) is 107 Å². The van der Waals surface area contributed by atoms with Crippen LogP contribution in [0.4, 0.5) is 42.1 Å². The molecular weight excluding hydrogens is 747 g/mol. The van der Waals surface area contributed by atoms with Gasteiger partial charge in [-0.15, -0.1) is 0 Å². The van der Waals surface area contributed by atoms with Crippen molar-refractivity contribution in [3.8, 4) is 5.75 Å². The maximum Gasteiger partial charge on any atom is 0.416 e. The number of hydrazine groups is 1. The maximum absolute atomic E-state index is 15.3. The lowest BCUT2D eigenvalue weighted by Gasteiger charge is -2.50. The summed E-state index contributed by atoms with van der Waals surface area (Å²) >= 11 is 0. The van der Waals surface area contributed by atoms with Crippen LogP contribution in [0.25, 0.3) is 0 Å². The van der Waals surface area contributed by atoms with Crippen molar-refractivity contribution in [3.05, 3.63) is 136 Å². The van der Waals surface area contributed by atoms with Crippen LogP contribution in [0, 0.1) is 36.4 Å². The molecule has 288 valence electrons. The molecule has 6 atom stereocenters. The second-order valence-electron chi connectivity index (χ2n) is 14.6. The summed E-state index contributed by atoms with van der Waals surface area (Å²) in [7, 11) is 0. The highest BCUT2D eigenvalue weighted by molar-refractivity contribution is 6.22. The van der Waals surface area contributed by atoms with Crippen LogP contribution in [0.1, 0.15) is 46.6 Å². The number of hydrogen-bond acceptors (Lipinski definition) is 6. The van der Waals surface area contributed by atoms with Crippen LogP contribution in [-0.4, -0.2) is 33.7 Å². The summed E-state index contributed by atoms with van der Waals surface area (Å²) in [6.45, 7) is 1.84. The van der Waals surface area contributed by atoms with Gasteiger partial charge >= 0.3 is 12.4 Å². The van der Waals surface area contributed by atoms with Crippen LogP contribution >= 0.6 is 0 Å². The summed E-state index contributed by atoms with van der Waals surface area (Å²) in [4.78, 5) is 58.6. The monoisotopic (exact) mass is 777 g/mol. The molecular formula is C41H30F7N3O5. The molecule has 2 N–H and O–H groups in total. The number of anilines is 2. The lowest BCUT2D eigenvalue weighted by molar-refractivity contribution is -0.143. The number of phenols is 1. The summed E-state index contributed by atoms with van der Waals surface area (Å²) in [6.07, 6.45) is -9.36. The molecule has 8 rings (SSSR count). The van der Waals surface area contributed by atoms with Crippen molar-refractivity contribution in [3.63, 3.8) is 0 Å². The lowest BCUT2D eigenvalue weighted by Crippen LogP contribution is -2.53. The van der Waals surface area contributed by atoms with E-state index in [4.69, 9.17) is 0 Å². The summed E-state index contributed by atoms with van der Waals surface area (Å²) in [6, 6.07) is 19.1. The van der Waals surface area contributed by atoms with Gasteiger partial charge in [0.1, 0.15) is 0 Å². The first-order chi connectivity index (χ1) is 26.4. The van der Waals surface area contributed by atoms with E-state index >= 15 is 9.18 Å². The minimum absolute atomic E-state index is 0.105. The predicted molar refractivity (Wildman–Crippen MR) is 186 cm³/mol. The predicted octanol–water partition coefficient (Wildman–Crippen LogP) is 8.07. The van der Waals surface area contributed by atoms with Crippen LogP contribution in [0.2, 0.25) is 0 Å². The lowest BCUT2D eigenvalue weighted by atomic mass is 9.49. The normalized spacial score (nSPS) is 26.2. The van der Waals surface area contributed by atoms with Crippen molar-refractivity contribution in [1.82, 2.24) is 5.01 Å². The number of aromatic hydroxyl groups is 1. The number of allylic oxidation sites excluding steroid dienone is 2. The number of carbonyl (C=O) groups excluding carboxylic acids is 4. The van der Waals surface area contributed by atoms with E-state index in [2.05, 4.69) is 5.43 Å². The molecule has 0 radical (unpaired) electrons. The Labute approximate surface area is 314 Å². The molecule has 2 aliphatic carbocycles. The molecule has 0 bridgehead atoms. The highest BCUT2D eigenvalue weighted by Crippen LogP contribution is 2.64. The van der Waals surface area contributed by atoms with Crippen molar-refractivity contribution >= 4 is 35.0 Å². The molecule has 3 fully saturated rings. The van der Waals surface area contributed by atoms with E-state index in [0.717, 1.165) is 22.7 Å². The summed E-state index contributed by atoms with van der Waals surface area (Å²) < 4.78 is 98.5. The van der Waals surface area contributed by atoms with Crippen molar-refractivity contribution in [2.24, 2.45) is 23.7 Å². The highest BCUT2D eigenvalue weighted by atomic mass is 19.4. The molecule has 0 spiro atoms. The Kier molecular flexibility index (Phi) is 8.44. The van der Waals surface area contributed by atoms with E-state index in [-0.39, 0.29) is 24.5 Å². The summed E-state index contributed by atoms with van der Waals surface area (Å²) in [5.41, 5.74) is -1.07. The van der Waals surface area contributed by atoms with Crippen LogP contribution < -0.4 is 10.3 Å². The molecule has 8 nitrogen and oxygen atoms in total. The van der Waals surface area contributed by atoms with Crippen molar-refractivity contribution in [2.45, 2.75) is 43.5 Å². The zero-order valence-corrected chi connectivity index (χ0v) is 29.2. The molecule has 15 heteroatoms. The minimum Gasteiger partial charge on any atom is -0.505 e. The molecule has 4 amide bonds. The molecule has 2 saturated heterocycles. The summed E-state index contributed by atoms with van der Waals surface area (Å²) in [5.74, 6) is -11.4. The number of imide groups is 2. The van der Waals surface area contributed by atoms with Gasteiger partial charge in [0.05, 0.1) is 45.7 Å². The van der Waals surface area contributed by atoms with E-state index in [1.165, 1.54) is 6.07 Å². The van der Waals surface area contributed by atoms with Gasteiger partial charge in [0, 0.05) is 5.92 Å². The molecule has 2 aliphatic heterocycles. The Balaban J connectivity index is 1.30. The molecule has 1 saturated carbocycles. The number of carbonyl (C=O) groups is 4. The van der Waals surface area contributed by atoms with Crippen LogP contribution in [-0.2, 0) is 36.9 Å². The van der Waals surface area contributed by atoms with Crippen molar-refractivity contribution in [1.29, 1.82) is 0 Å². The number of halogens is 7.